The molecule has 0 spiro atoms. The van der Waals surface area contributed by atoms with E-state index < -0.39 is 0 Å². The average Bonchev–Trinajstić information content (AvgIpc) is 2.46. The molecule has 0 aromatic carbocycles. The maximum atomic E-state index is 12.4. The Hall–Kier alpha value is -2.02. The molecule has 1 heterocycles. The minimum Gasteiger partial charge on any atom is -0.383 e. The van der Waals surface area contributed by atoms with Gasteiger partial charge < -0.3 is 15.0 Å². The lowest BCUT2D eigenvalue weighted by Gasteiger charge is -2.22. The molecule has 1 rings (SSSR count). The summed E-state index contributed by atoms with van der Waals surface area (Å²) in [6.45, 7) is 6.72. The van der Waals surface area contributed by atoms with Crippen LogP contribution in [0.5, 0.6) is 0 Å². The van der Waals surface area contributed by atoms with E-state index in [9.17, 15) is 9.59 Å². The van der Waals surface area contributed by atoms with Gasteiger partial charge in [0, 0.05) is 38.9 Å². The molecule has 2 amide bonds. The Morgan fingerprint density at radius 2 is 2.00 bits per heavy atom. The van der Waals surface area contributed by atoms with Crippen molar-refractivity contribution in [1.82, 2.24) is 20.2 Å². The topological polar surface area (TPSA) is 84.4 Å². The fraction of sp³-hybridized carbons (Fsp3) is 0.600. The summed E-state index contributed by atoms with van der Waals surface area (Å²) in [5.74, 6) is -0.331. The number of aromatic nitrogens is 2. The first-order valence-corrected chi connectivity index (χ1v) is 7.30. The molecule has 7 nitrogen and oxygen atoms in total. The van der Waals surface area contributed by atoms with Gasteiger partial charge in [-0.25, -0.2) is 4.98 Å². The van der Waals surface area contributed by atoms with Gasteiger partial charge in [-0.05, 0) is 20.8 Å². The number of amides is 2. The number of ether oxygens (including phenoxy) is 1. The summed E-state index contributed by atoms with van der Waals surface area (Å²) in [6, 6.07) is 0.0820. The van der Waals surface area contributed by atoms with E-state index >= 15 is 0 Å². The highest BCUT2D eigenvalue weighted by Gasteiger charge is 2.18. The normalized spacial score (nSPS) is 10.6. The molecule has 122 valence electrons. The molecule has 0 radical (unpaired) electrons. The summed E-state index contributed by atoms with van der Waals surface area (Å²) >= 11 is 0. The van der Waals surface area contributed by atoms with Gasteiger partial charge in [-0.2, -0.15) is 0 Å². The first kappa shape index (κ1) is 18.0. The smallest absolute Gasteiger partial charge is 0.274 e. The van der Waals surface area contributed by atoms with Gasteiger partial charge >= 0.3 is 0 Å². The molecule has 0 bridgehead atoms. The van der Waals surface area contributed by atoms with Crippen LogP contribution in [0, 0.1) is 6.92 Å². The Balaban J connectivity index is 2.68. The summed E-state index contributed by atoms with van der Waals surface area (Å²) in [7, 11) is 1.57. The average molecular weight is 308 g/mol. The van der Waals surface area contributed by atoms with Gasteiger partial charge in [0.05, 0.1) is 18.5 Å². The van der Waals surface area contributed by atoms with Crippen molar-refractivity contribution in [3.63, 3.8) is 0 Å². The second-order valence-corrected chi connectivity index (χ2v) is 5.30. The first-order chi connectivity index (χ1) is 10.4. The minimum absolute atomic E-state index is 0.0820. The van der Waals surface area contributed by atoms with Crippen LogP contribution in [0.15, 0.2) is 12.4 Å². The third-order valence-electron chi connectivity index (χ3n) is 2.91. The second kappa shape index (κ2) is 9.09. The predicted molar refractivity (Wildman–Crippen MR) is 82.4 cm³/mol. The van der Waals surface area contributed by atoms with Crippen LogP contribution in [0.1, 0.15) is 36.5 Å². The van der Waals surface area contributed by atoms with Gasteiger partial charge in [0.25, 0.3) is 5.91 Å². The lowest BCUT2D eigenvalue weighted by Crippen LogP contribution is -2.39. The molecule has 22 heavy (non-hydrogen) atoms. The second-order valence-electron chi connectivity index (χ2n) is 5.30. The zero-order valence-corrected chi connectivity index (χ0v) is 13.6. The number of methoxy groups -OCH3 is 1. The van der Waals surface area contributed by atoms with Gasteiger partial charge in [0.2, 0.25) is 5.91 Å². The van der Waals surface area contributed by atoms with Crippen molar-refractivity contribution in [2.45, 2.75) is 33.2 Å². The molecule has 0 aliphatic rings. The van der Waals surface area contributed by atoms with Gasteiger partial charge in [-0.1, -0.05) is 0 Å². The van der Waals surface area contributed by atoms with Crippen LogP contribution in [0.25, 0.3) is 0 Å². The highest BCUT2D eigenvalue weighted by molar-refractivity contribution is 5.92. The molecule has 0 saturated carbocycles. The van der Waals surface area contributed by atoms with Crippen molar-refractivity contribution in [2.75, 3.05) is 26.8 Å². The monoisotopic (exact) mass is 308 g/mol. The van der Waals surface area contributed by atoms with Crippen LogP contribution in [0.3, 0.4) is 0 Å². The van der Waals surface area contributed by atoms with Crippen molar-refractivity contribution in [2.24, 2.45) is 0 Å². The molecule has 0 saturated heterocycles. The number of carbonyl (C=O) groups is 2. The number of nitrogens with one attached hydrogen (secondary N) is 1. The highest BCUT2D eigenvalue weighted by atomic mass is 16.5. The summed E-state index contributed by atoms with van der Waals surface area (Å²) < 4.78 is 5.02. The molecule has 1 aromatic rings. The van der Waals surface area contributed by atoms with Crippen molar-refractivity contribution < 1.29 is 14.3 Å². The van der Waals surface area contributed by atoms with Crippen LogP contribution in [-0.4, -0.2) is 59.5 Å². The molecule has 0 unspecified atom stereocenters. The number of hydrogen-bond acceptors (Lipinski definition) is 5. The van der Waals surface area contributed by atoms with Gasteiger partial charge in [0.1, 0.15) is 5.69 Å². The Labute approximate surface area is 131 Å². The first-order valence-electron chi connectivity index (χ1n) is 7.30. The molecule has 0 aliphatic heterocycles. The Bertz CT molecular complexity index is 488. The zero-order valence-electron chi connectivity index (χ0n) is 13.6. The fourth-order valence-electron chi connectivity index (χ4n) is 1.81. The van der Waals surface area contributed by atoms with E-state index in [0.29, 0.717) is 19.7 Å². The van der Waals surface area contributed by atoms with E-state index in [0.717, 1.165) is 5.69 Å². The summed E-state index contributed by atoms with van der Waals surface area (Å²) in [4.78, 5) is 33.9. The predicted octanol–water partition coefficient (Wildman–Crippen LogP) is 0.788. The van der Waals surface area contributed by atoms with Gasteiger partial charge in [-0.3, -0.25) is 14.6 Å². The third-order valence-corrected chi connectivity index (χ3v) is 2.91. The lowest BCUT2D eigenvalue weighted by atomic mass is 10.3. The molecule has 0 aliphatic carbocycles. The number of hydrogen-bond donors (Lipinski definition) is 1. The highest BCUT2D eigenvalue weighted by Crippen LogP contribution is 2.03. The van der Waals surface area contributed by atoms with E-state index in [-0.39, 0.29) is 30.0 Å². The number of rotatable bonds is 8. The summed E-state index contributed by atoms with van der Waals surface area (Å²) in [5, 5.41) is 2.80. The van der Waals surface area contributed by atoms with E-state index in [4.69, 9.17) is 4.74 Å². The molecule has 7 heteroatoms. The number of carbonyl (C=O) groups excluding carboxylic acids is 2. The largest absolute Gasteiger partial charge is 0.383 e. The molecular formula is C15H24N4O3. The van der Waals surface area contributed by atoms with Crippen molar-refractivity contribution in [1.29, 1.82) is 0 Å². The van der Waals surface area contributed by atoms with Crippen LogP contribution >= 0.6 is 0 Å². The summed E-state index contributed by atoms with van der Waals surface area (Å²) in [6.07, 6.45) is 3.24. The molecular weight excluding hydrogens is 284 g/mol. The maximum Gasteiger partial charge on any atom is 0.274 e. The van der Waals surface area contributed by atoms with E-state index in [1.165, 1.54) is 6.20 Å². The maximum absolute atomic E-state index is 12.4. The molecule has 1 aromatic heterocycles. The Morgan fingerprint density at radius 3 is 2.55 bits per heavy atom. The van der Waals surface area contributed by atoms with Crippen molar-refractivity contribution >= 4 is 11.8 Å². The molecule has 0 fully saturated rings. The Kier molecular flexibility index (Phi) is 7.45. The van der Waals surface area contributed by atoms with E-state index in [1.54, 1.807) is 25.1 Å². The SMILES string of the molecule is COCCN(CCC(=O)NC(C)C)C(=O)c1cnc(C)cn1. The number of aryl methyl sites for hydroxylation is 1. The minimum atomic E-state index is -0.248. The van der Waals surface area contributed by atoms with Gasteiger partial charge in [0.15, 0.2) is 0 Å². The van der Waals surface area contributed by atoms with Crippen molar-refractivity contribution in [3.05, 3.63) is 23.8 Å². The molecule has 0 atom stereocenters. The Morgan fingerprint density at radius 1 is 1.27 bits per heavy atom. The fourth-order valence-corrected chi connectivity index (χ4v) is 1.81. The molecule has 1 N–H and O–H groups in total. The van der Waals surface area contributed by atoms with Crippen LogP contribution < -0.4 is 5.32 Å². The number of nitrogens with zero attached hydrogens (tertiary/aromatic N) is 3. The van der Waals surface area contributed by atoms with Crippen molar-refractivity contribution in [3.8, 4) is 0 Å². The lowest BCUT2D eigenvalue weighted by molar-refractivity contribution is -0.121. The van der Waals surface area contributed by atoms with E-state index in [1.807, 2.05) is 13.8 Å². The van der Waals surface area contributed by atoms with Crippen LogP contribution in [0.4, 0.5) is 0 Å². The third kappa shape index (κ3) is 6.17. The quantitative estimate of drug-likeness (QED) is 0.767. The summed E-state index contributed by atoms with van der Waals surface area (Å²) in [5.41, 5.74) is 1.02. The van der Waals surface area contributed by atoms with Crippen LogP contribution in [-0.2, 0) is 9.53 Å². The zero-order chi connectivity index (χ0) is 16.5. The van der Waals surface area contributed by atoms with E-state index in [2.05, 4.69) is 15.3 Å². The van der Waals surface area contributed by atoms with Gasteiger partial charge in [-0.15, -0.1) is 0 Å². The van der Waals surface area contributed by atoms with Crippen LogP contribution in [0.2, 0.25) is 0 Å². The standard InChI is InChI=1S/C15H24N4O3/c1-11(2)18-14(20)5-6-19(7-8-22-4)15(21)13-10-16-12(3)9-17-13/h9-11H,5-8H2,1-4H3,(H,18,20).